The fourth-order valence-corrected chi connectivity index (χ4v) is 5.54. The molecule has 2 aliphatic heterocycles. The Morgan fingerprint density at radius 2 is 1.81 bits per heavy atom. The standard InChI is InChI=1S/C22H19Cl2F3N2O2S/c1-12-4-13(2-3-18(12)20(30)29-17-9-32(31)10-17)19-8-21(11-28-19,22(25,26)27)14-5-15(23)7-16(24)6-14/h2-7,17H,8-11H2,1H3,(H,29,30)/t17?,21-,32?/m0/s1. The lowest BCUT2D eigenvalue weighted by Crippen LogP contribution is -2.50. The third-order valence-corrected chi connectivity index (χ3v) is 7.87. The van der Waals surface area contributed by atoms with Gasteiger partial charge in [0, 0.05) is 50.0 Å². The summed E-state index contributed by atoms with van der Waals surface area (Å²) in [6, 6.07) is 8.71. The molecular weight excluding hydrogens is 484 g/mol. The maximum atomic E-state index is 14.3. The van der Waals surface area contributed by atoms with Crippen LogP contribution in [0.3, 0.4) is 0 Å². The first-order valence-corrected chi connectivity index (χ1v) is 12.1. The van der Waals surface area contributed by atoms with Gasteiger partial charge >= 0.3 is 6.18 Å². The highest BCUT2D eigenvalue weighted by molar-refractivity contribution is 7.86. The average Bonchev–Trinajstić information content (AvgIpc) is 3.12. The van der Waals surface area contributed by atoms with Gasteiger partial charge in [-0.2, -0.15) is 13.2 Å². The minimum Gasteiger partial charge on any atom is -0.347 e. The molecule has 0 unspecified atom stereocenters. The summed E-state index contributed by atoms with van der Waals surface area (Å²) in [4.78, 5) is 16.7. The number of aliphatic imine (C=N–C) groups is 1. The molecule has 1 amide bonds. The predicted molar refractivity (Wildman–Crippen MR) is 121 cm³/mol. The summed E-state index contributed by atoms with van der Waals surface area (Å²) in [6.07, 6.45) is -4.92. The summed E-state index contributed by atoms with van der Waals surface area (Å²) < 4.78 is 54.0. The van der Waals surface area contributed by atoms with Crippen LogP contribution < -0.4 is 5.32 Å². The summed E-state index contributed by atoms with van der Waals surface area (Å²) in [7, 11) is -0.878. The lowest BCUT2D eigenvalue weighted by atomic mass is 9.76. The van der Waals surface area contributed by atoms with Crippen molar-refractivity contribution in [3.63, 3.8) is 0 Å². The molecule has 1 N–H and O–H groups in total. The molecule has 170 valence electrons. The van der Waals surface area contributed by atoms with Gasteiger partial charge in [0.2, 0.25) is 0 Å². The van der Waals surface area contributed by atoms with Crippen molar-refractivity contribution in [2.24, 2.45) is 4.99 Å². The molecule has 0 bridgehead atoms. The van der Waals surface area contributed by atoms with E-state index in [1.165, 1.54) is 18.2 Å². The zero-order chi connectivity index (χ0) is 23.3. The molecule has 1 atom stereocenters. The van der Waals surface area contributed by atoms with Crippen molar-refractivity contribution >= 4 is 45.6 Å². The van der Waals surface area contributed by atoms with Crippen molar-refractivity contribution in [2.75, 3.05) is 18.1 Å². The molecule has 2 aliphatic rings. The van der Waals surface area contributed by atoms with Gasteiger partial charge in [0.15, 0.2) is 0 Å². The van der Waals surface area contributed by atoms with Gasteiger partial charge in [-0.1, -0.05) is 29.3 Å². The van der Waals surface area contributed by atoms with Crippen molar-refractivity contribution in [3.05, 3.63) is 68.7 Å². The molecule has 0 saturated carbocycles. The zero-order valence-electron chi connectivity index (χ0n) is 16.9. The second-order valence-corrected chi connectivity index (χ2v) is 10.6. The molecular formula is C22H19Cl2F3N2O2S. The third kappa shape index (κ3) is 4.32. The van der Waals surface area contributed by atoms with Crippen LogP contribution in [0, 0.1) is 6.92 Å². The van der Waals surface area contributed by atoms with E-state index in [0.29, 0.717) is 33.9 Å². The molecule has 2 aromatic rings. The molecule has 1 fully saturated rings. The molecule has 0 aliphatic carbocycles. The van der Waals surface area contributed by atoms with E-state index in [1.807, 2.05) is 0 Å². The lowest BCUT2D eigenvalue weighted by molar-refractivity contribution is -0.183. The molecule has 0 aromatic heterocycles. The highest BCUT2D eigenvalue weighted by Crippen LogP contribution is 2.48. The molecule has 0 radical (unpaired) electrons. The van der Waals surface area contributed by atoms with E-state index in [2.05, 4.69) is 10.3 Å². The number of aryl methyl sites for hydroxylation is 1. The summed E-state index contributed by atoms with van der Waals surface area (Å²) >= 11 is 12.0. The SMILES string of the molecule is Cc1cc(C2=NC[C@@](c3cc(Cl)cc(Cl)c3)(C(F)(F)F)C2)ccc1C(=O)NC1CS(=O)C1. The van der Waals surface area contributed by atoms with Gasteiger partial charge in [-0.25, -0.2) is 0 Å². The van der Waals surface area contributed by atoms with Gasteiger partial charge in [0.05, 0.1) is 12.6 Å². The predicted octanol–water partition coefficient (Wildman–Crippen LogP) is 4.86. The van der Waals surface area contributed by atoms with Gasteiger partial charge in [-0.05, 0) is 53.9 Å². The maximum Gasteiger partial charge on any atom is 0.400 e. The van der Waals surface area contributed by atoms with Crippen LogP contribution in [0.4, 0.5) is 13.2 Å². The van der Waals surface area contributed by atoms with E-state index in [0.717, 1.165) is 0 Å². The molecule has 4 nitrogen and oxygen atoms in total. The number of carbonyl (C=O) groups excluding carboxylic acids is 1. The Labute approximate surface area is 195 Å². The number of alkyl halides is 3. The van der Waals surface area contributed by atoms with Gasteiger partial charge in [-0.15, -0.1) is 0 Å². The van der Waals surface area contributed by atoms with Gasteiger partial charge in [0.25, 0.3) is 5.91 Å². The van der Waals surface area contributed by atoms with Crippen LogP contribution in [0.2, 0.25) is 10.0 Å². The van der Waals surface area contributed by atoms with Crippen LogP contribution in [0.25, 0.3) is 0 Å². The van der Waals surface area contributed by atoms with Crippen molar-refractivity contribution in [1.29, 1.82) is 0 Å². The van der Waals surface area contributed by atoms with Crippen LogP contribution >= 0.6 is 23.2 Å². The molecule has 2 heterocycles. The van der Waals surface area contributed by atoms with E-state index in [4.69, 9.17) is 23.2 Å². The zero-order valence-corrected chi connectivity index (χ0v) is 19.3. The van der Waals surface area contributed by atoms with Crippen LogP contribution in [0.1, 0.15) is 33.5 Å². The van der Waals surface area contributed by atoms with Gasteiger partial charge in [0.1, 0.15) is 5.41 Å². The largest absolute Gasteiger partial charge is 0.400 e. The molecule has 0 spiro atoms. The average molecular weight is 503 g/mol. The number of hydrogen-bond donors (Lipinski definition) is 1. The second kappa shape index (κ2) is 8.47. The number of halogens is 5. The smallest absolute Gasteiger partial charge is 0.347 e. The Kier molecular flexibility index (Phi) is 6.15. The summed E-state index contributed by atoms with van der Waals surface area (Å²) in [6.45, 7) is 1.25. The van der Waals surface area contributed by atoms with E-state index >= 15 is 0 Å². The van der Waals surface area contributed by atoms with Crippen molar-refractivity contribution in [1.82, 2.24) is 5.32 Å². The Morgan fingerprint density at radius 1 is 1.16 bits per heavy atom. The fraction of sp³-hybridized carbons (Fsp3) is 0.364. The first-order valence-electron chi connectivity index (χ1n) is 9.82. The van der Waals surface area contributed by atoms with E-state index in [9.17, 15) is 22.2 Å². The lowest BCUT2D eigenvalue weighted by Gasteiger charge is -2.31. The summed E-state index contributed by atoms with van der Waals surface area (Å²) in [5, 5.41) is 3.08. The Morgan fingerprint density at radius 3 is 2.38 bits per heavy atom. The van der Waals surface area contributed by atoms with Crippen LogP contribution in [-0.2, 0) is 16.2 Å². The second-order valence-electron chi connectivity index (χ2n) is 8.15. The van der Waals surface area contributed by atoms with Crippen LogP contribution in [0.15, 0.2) is 41.4 Å². The molecule has 1 saturated heterocycles. The topological polar surface area (TPSA) is 58.5 Å². The molecule has 10 heteroatoms. The van der Waals surface area contributed by atoms with E-state index < -0.39 is 28.9 Å². The number of amides is 1. The first-order chi connectivity index (χ1) is 15.0. The Bertz CT molecular complexity index is 1120. The first kappa shape index (κ1) is 23.3. The summed E-state index contributed by atoms with van der Waals surface area (Å²) in [5.74, 6) is 0.585. The van der Waals surface area contributed by atoms with Crippen LogP contribution in [-0.4, -0.2) is 46.1 Å². The van der Waals surface area contributed by atoms with Gasteiger partial charge < -0.3 is 5.32 Å². The highest BCUT2D eigenvalue weighted by Gasteiger charge is 2.58. The van der Waals surface area contributed by atoms with Crippen molar-refractivity contribution in [2.45, 2.75) is 31.0 Å². The molecule has 4 rings (SSSR count). The number of benzene rings is 2. The third-order valence-electron chi connectivity index (χ3n) is 5.88. The monoisotopic (exact) mass is 502 g/mol. The fourth-order valence-electron chi connectivity index (χ4n) is 4.04. The van der Waals surface area contributed by atoms with E-state index in [-0.39, 0.29) is 34.0 Å². The Balaban J connectivity index is 1.59. The maximum absolute atomic E-state index is 14.3. The highest BCUT2D eigenvalue weighted by atomic mass is 35.5. The minimum atomic E-state index is -4.57. The number of nitrogens with zero attached hydrogens (tertiary/aromatic N) is 1. The normalized spacial score (nSPS) is 25.2. The Hall–Kier alpha value is -1.90. The minimum absolute atomic E-state index is 0.0214. The van der Waals surface area contributed by atoms with Crippen molar-refractivity contribution in [3.8, 4) is 0 Å². The number of carbonyl (C=O) groups is 1. The quantitative estimate of drug-likeness (QED) is 0.649. The molecule has 32 heavy (non-hydrogen) atoms. The van der Waals surface area contributed by atoms with Gasteiger partial charge in [-0.3, -0.25) is 14.0 Å². The summed E-state index contributed by atoms with van der Waals surface area (Å²) in [5.41, 5.74) is -0.356. The molecule has 2 aromatic carbocycles. The van der Waals surface area contributed by atoms with Crippen LogP contribution in [0.5, 0.6) is 0 Å². The number of hydrogen-bond acceptors (Lipinski definition) is 3. The number of rotatable bonds is 4. The number of nitrogens with one attached hydrogen (secondary N) is 1. The van der Waals surface area contributed by atoms with Crippen molar-refractivity contribution < 1.29 is 22.2 Å². The van der Waals surface area contributed by atoms with E-state index in [1.54, 1.807) is 25.1 Å².